The highest BCUT2D eigenvalue weighted by Gasteiger charge is 2.17. The minimum absolute atomic E-state index is 0.247. The second-order valence-corrected chi connectivity index (χ2v) is 8.86. The summed E-state index contributed by atoms with van der Waals surface area (Å²) in [6.07, 6.45) is 0. The summed E-state index contributed by atoms with van der Waals surface area (Å²) >= 11 is 0. The van der Waals surface area contributed by atoms with E-state index >= 15 is 0 Å². The summed E-state index contributed by atoms with van der Waals surface area (Å²) in [7, 11) is 0. The van der Waals surface area contributed by atoms with Crippen molar-refractivity contribution in [1.29, 1.82) is 0 Å². The third-order valence-corrected chi connectivity index (χ3v) is 6.61. The molecule has 178 valence electrons. The van der Waals surface area contributed by atoms with E-state index in [0.29, 0.717) is 11.3 Å². The quantitative estimate of drug-likeness (QED) is 0.236. The largest absolute Gasteiger partial charge is 0.308 e. The Morgan fingerprint density at radius 3 is 1.68 bits per heavy atom. The molecule has 0 atom stereocenters. The molecular formula is C34H23F2N. The van der Waals surface area contributed by atoms with E-state index in [9.17, 15) is 8.78 Å². The number of fused-ring (bicyclic) bond motifs is 1. The zero-order valence-electron chi connectivity index (χ0n) is 20.0. The molecule has 0 spiro atoms. The molecule has 1 nitrogen and oxygen atoms in total. The number of anilines is 3. The highest BCUT2D eigenvalue weighted by Crippen LogP contribution is 2.40. The second-order valence-electron chi connectivity index (χ2n) is 8.86. The first-order valence-corrected chi connectivity index (χ1v) is 12.2. The monoisotopic (exact) mass is 483 g/mol. The number of halogens is 2. The molecule has 37 heavy (non-hydrogen) atoms. The lowest BCUT2D eigenvalue weighted by Crippen LogP contribution is -2.11. The Labute approximate surface area is 214 Å². The maximum absolute atomic E-state index is 14.9. The molecule has 0 aliphatic heterocycles. The van der Waals surface area contributed by atoms with E-state index in [4.69, 9.17) is 0 Å². The van der Waals surface area contributed by atoms with Gasteiger partial charge in [0.25, 0.3) is 0 Å². The molecule has 0 heterocycles. The van der Waals surface area contributed by atoms with Crippen molar-refractivity contribution in [3.05, 3.63) is 151 Å². The van der Waals surface area contributed by atoms with Crippen LogP contribution in [0.15, 0.2) is 140 Å². The van der Waals surface area contributed by atoms with Gasteiger partial charge < -0.3 is 4.90 Å². The molecule has 0 aliphatic carbocycles. The fourth-order valence-corrected chi connectivity index (χ4v) is 4.91. The first-order valence-electron chi connectivity index (χ1n) is 12.2. The Bertz CT molecular complexity index is 1690. The van der Waals surface area contributed by atoms with Gasteiger partial charge in [-0.05, 0) is 69.9 Å². The van der Waals surface area contributed by atoms with Crippen LogP contribution in [0.4, 0.5) is 25.8 Å². The number of hydrogen-bond acceptors (Lipinski definition) is 1. The molecule has 0 unspecified atom stereocenters. The van der Waals surface area contributed by atoms with E-state index in [0.717, 1.165) is 38.8 Å². The summed E-state index contributed by atoms with van der Waals surface area (Å²) in [5.41, 5.74) is 5.63. The molecular weight excluding hydrogens is 460 g/mol. The van der Waals surface area contributed by atoms with Crippen LogP contribution in [-0.4, -0.2) is 0 Å². The van der Waals surface area contributed by atoms with E-state index in [1.807, 2.05) is 108 Å². The van der Waals surface area contributed by atoms with Crippen LogP contribution in [0.5, 0.6) is 0 Å². The topological polar surface area (TPSA) is 3.24 Å². The van der Waals surface area contributed by atoms with Gasteiger partial charge in [-0.3, -0.25) is 0 Å². The van der Waals surface area contributed by atoms with Crippen LogP contribution in [0.3, 0.4) is 0 Å². The normalized spacial score (nSPS) is 11.0. The lowest BCUT2D eigenvalue weighted by molar-refractivity contribution is 0.629. The van der Waals surface area contributed by atoms with Crippen LogP contribution in [0.25, 0.3) is 33.0 Å². The van der Waals surface area contributed by atoms with E-state index < -0.39 is 0 Å². The van der Waals surface area contributed by atoms with Crippen molar-refractivity contribution in [2.45, 2.75) is 0 Å². The van der Waals surface area contributed by atoms with Gasteiger partial charge in [0.05, 0.1) is 5.69 Å². The maximum atomic E-state index is 14.9. The van der Waals surface area contributed by atoms with Crippen LogP contribution in [0.1, 0.15) is 0 Å². The van der Waals surface area contributed by atoms with Gasteiger partial charge in [-0.2, -0.15) is 0 Å². The third-order valence-electron chi connectivity index (χ3n) is 6.61. The second kappa shape index (κ2) is 9.71. The van der Waals surface area contributed by atoms with Gasteiger partial charge in [0, 0.05) is 16.9 Å². The first kappa shape index (κ1) is 22.7. The zero-order chi connectivity index (χ0) is 25.2. The Hall–Kier alpha value is -4.76. The van der Waals surface area contributed by atoms with E-state index in [1.54, 1.807) is 18.2 Å². The van der Waals surface area contributed by atoms with Crippen molar-refractivity contribution in [2.75, 3.05) is 4.90 Å². The zero-order valence-corrected chi connectivity index (χ0v) is 20.0. The molecule has 6 rings (SSSR count). The maximum Gasteiger partial charge on any atom is 0.147 e. The molecule has 3 heteroatoms. The number of para-hydroxylation sites is 2. The minimum atomic E-state index is -0.293. The molecule has 0 radical (unpaired) electrons. The smallest absolute Gasteiger partial charge is 0.147 e. The highest BCUT2D eigenvalue weighted by atomic mass is 19.1. The predicted octanol–water partition coefficient (Wildman–Crippen LogP) is 9.92. The van der Waals surface area contributed by atoms with Crippen molar-refractivity contribution in [3.8, 4) is 22.3 Å². The number of hydrogen-bond donors (Lipinski definition) is 0. The Kier molecular flexibility index (Phi) is 5.95. The average molecular weight is 484 g/mol. The summed E-state index contributed by atoms with van der Waals surface area (Å²) in [6.45, 7) is 0. The third kappa shape index (κ3) is 4.25. The van der Waals surface area contributed by atoms with Crippen molar-refractivity contribution in [3.63, 3.8) is 0 Å². The molecule has 0 saturated heterocycles. The Balaban J connectivity index is 1.49. The van der Waals surface area contributed by atoms with E-state index in [-0.39, 0.29) is 11.6 Å². The van der Waals surface area contributed by atoms with E-state index in [2.05, 4.69) is 6.07 Å². The van der Waals surface area contributed by atoms with Crippen LogP contribution in [0.2, 0.25) is 0 Å². The fourth-order valence-electron chi connectivity index (χ4n) is 4.91. The van der Waals surface area contributed by atoms with Gasteiger partial charge in [0.2, 0.25) is 0 Å². The summed E-state index contributed by atoms with van der Waals surface area (Å²) in [6, 6.07) is 43.6. The number of nitrogens with zero attached hydrogens (tertiary/aromatic N) is 1. The molecule has 6 aromatic carbocycles. The van der Waals surface area contributed by atoms with Gasteiger partial charge in [-0.1, -0.05) is 97.1 Å². The standard InChI is InChI=1S/C34H23F2N/c35-31-17-5-4-14-29(31)30-16-9-11-25-10-8-15-28(34(25)30)24-20-22-27(23-21-24)37(26-12-2-1-3-13-26)33-19-7-6-18-32(33)36/h1-23H. The van der Waals surface area contributed by atoms with Gasteiger partial charge in [-0.15, -0.1) is 0 Å². The molecule has 0 aliphatic rings. The van der Waals surface area contributed by atoms with Crippen molar-refractivity contribution in [2.24, 2.45) is 0 Å². The SMILES string of the molecule is Fc1ccccc1-c1cccc2cccc(-c3ccc(N(c4ccccc4)c4ccccc4F)cc3)c12. The molecule has 0 saturated carbocycles. The van der Waals surface area contributed by atoms with Gasteiger partial charge in [0.1, 0.15) is 11.6 Å². The highest BCUT2D eigenvalue weighted by molar-refractivity contribution is 6.06. The summed E-state index contributed by atoms with van der Waals surface area (Å²) < 4.78 is 29.7. The van der Waals surface area contributed by atoms with Gasteiger partial charge in [0.15, 0.2) is 0 Å². The van der Waals surface area contributed by atoms with E-state index in [1.165, 1.54) is 12.1 Å². The van der Waals surface area contributed by atoms with Crippen LogP contribution < -0.4 is 4.90 Å². The summed E-state index contributed by atoms with van der Waals surface area (Å²) in [4.78, 5) is 1.91. The predicted molar refractivity (Wildman–Crippen MR) is 149 cm³/mol. The Morgan fingerprint density at radius 2 is 0.973 bits per heavy atom. The average Bonchev–Trinajstić information content (AvgIpc) is 2.95. The summed E-state index contributed by atoms with van der Waals surface area (Å²) in [5.74, 6) is -0.539. The molecule has 6 aromatic rings. The lowest BCUT2D eigenvalue weighted by atomic mass is 9.91. The fraction of sp³-hybridized carbons (Fsp3) is 0. The van der Waals surface area contributed by atoms with Crippen molar-refractivity contribution in [1.82, 2.24) is 0 Å². The van der Waals surface area contributed by atoms with Crippen LogP contribution in [-0.2, 0) is 0 Å². The molecule has 0 fully saturated rings. The van der Waals surface area contributed by atoms with Crippen LogP contribution >= 0.6 is 0 Å². The summed E-state index contributed by atoms with van der Waals surface area (Å²) in [5, 5.41) is 2.04. The first-order chi connectivity index (χ1) is 18.2. The molecule has 0 aromatic heterocycles. The van der Waals surface area contributed by atoms with Crippen LogP contribution in [0, 0.1) is 11.6 Å². The molecule has 0 bridgehead atoms. The Morgan fingerprint density at radius 1 is 0.405 bits per heavy atom. The number of rotatable bonds is 5. The minimum Gasteiger partial charge on any atom is -0.308 e. The van der Waals surface area contributed by atoms with Crippen molar-refractivity contribution < 1.29 is 8.78 Å². The van der Waals surface area contributed by atoms with Crippen molar-refractivity contribution >= 4 is 27.8 Å². The van der Waals surface area contributed by atoms with Gasteiger partial charge >= 0.3 is 0 Å². The molecule has 0 N–H and O–H groups in total. The lowest BCUT2D eigenvalue weighted by Gasteiger charge is -2.26. The number of benzene rings is 6. The molecule has 0 amide bonds. The van der Waals surface area contributed by atoms with Gasteiger partial charge in [-0.25, -0.2) is 8.78 Å².